The number of rotatable bonds is 4. The van der Waals surface area contributed by atoms with E-state index in [0.717, 1.165) is 35.1 Å². The van der Waals surface area contributed by atoms with Gasteiger partial charge in [-0.1, -0.05) is 42.5 Å². The number of anilines is 1. The average molecular weight is 393 g/mol. The lowest BCUT2D eigenvalue weighted by Crippen LogP contribution is -2.60. The van der Waals surface area contributed by atoms with Crippen molar-refractivity contribution in [3.05, 3.63) is 65.2 Å². The third-order valence-corrected chi connectivity index (χ3v) is 6.26. The molecule has 0 aliphatic carbocycles. The number of esters is 2. The van der Waals surface area contributed by atoms with Gasteiger partial charge >= 0.3 is 11.9 Å². The topological polar surface area (TPSA) is 72.9 Å². The SMILES string of the molecule is COC(=O)C1(C(=O)OC)C2c3ccccc3CCN2c2ccccc2[C@@H]1CC=O. The first-order chi connectivity index (χ1) is 14.1. The molecular weight excluding hydrogens is 370 g/mol. The van der Waals surface area contributed by atoms with Crippen molar-refractivity contribution in [3.63, 3.8) is 0 Å². The first-order valence-electron chi connectivity index (χ1n) is 9.65. The van der Waals surface area contributed by atoms with E-state index in [0.29, 0.717) is 6.54 Å². The second kappa shape index (κ2) is 7.35. The van der Waals surface area contributed by atoms with Crippen LogP contribution in [0.2, 0.25) is 0 Å². The fourth-order valence-electron chi connectivity index (χ4n) is 5.13. The molecule has 4 rings (SSSR count). The van der Waals surface area contributed by atoms with Gasteiger partial charge in [-0.15, -0.1) is 0 Å². The third kappa shape index (κ3) is 2.58. The lowest BCUT2D eigenvalue weighted by Gasteiger charge is -2.54. The maximum atomic E-state index is 13.4. The summed E-state index contributed by atoms with van der Waals surface area (Å²) < 4.78 is 10.4. The van der Waals surface area contributed by atoms with Crippen molar-refractivity contribution in [2.45, 2.75) is 24.8 Å². The highest BCUT2D eigenvalue weighted by Gasteiger charge is 2.65. The Morgan fingerprint density at radius 2 is 1.66 bits per heavy atom. The van der Waals surface area contributed by atoms with Crippen LogP contribution in [0, 0.1) is 5.41 Å². The number of benzene rings is 2. The Bertz CT molecular complexity index is 953. The molecule has 150 valence electrons. The molecule has 29 heavy (non-hydrogen) atoms. The van der Waals surface area contributed by atoms with Crippen molar-refractivity contribution in [1.29, 1.82) is 0 Å². The van der Waals surface area contributed by atoms with Crippen LogP contribution in [-0.4, -0.2) is 39.0 Å². The number of nitrogens with zero attached hydrogens (tertiary/aromatic N) is 1. The van der Waals surface area contributed by atoms with Crippen LogP contribution in [0.3, 0.4) is 0 Å². The maximum absolute atomic E-state index is 13.4. The molecule has 0 saturated carbocycles. The Kier molecular flexibility index (Phi) is 4.86. The molecule has 1 unspecified atom stereocenters. The van der Waals surface area contributed by atoms with Crippen LogP contribution in [0.5, 0.6) is 0 Å². The minimum absolute atomic E-state index is 0.00766. The number of fused-ring (bicyclic) bond motifs is 5. The van der Waals surface area contributed by atoms with Crippen LogP contribution in [0.4, 0.5) is 5.69 Å². The molecule has 2 aliphatic rings. The quantitative estimate of drug-likeness (QED) is 0.452. The molecule has 2 atom stereocenters. The summed E-state index contributed by atoms with van der Waals surface area (Å²) in [5.74, 6) is -2.06. The van der Waals surface area contributed by atoms with Crippen LogP contribution in [-0.2, 0) is 30.3 Å². The van der Waals surface area contributed by atoms with Crippen LogP contribution in [0.1, 0.15) is 35.1 Å². The fraction of sp³-hybridized carbons (Fsp3) is 0.348. The van der Waals surface area contributed by atoms with Crippen molar-refractivity contribution in [3.8, 4) is 0 Å². The maximum Gasteiger partial charge on any atom is 0.326 e. The monoisotopic (exact) mass is 393 g/mol. The van der Waals surface area contributed by atoms with E-state index in [9.17, 15) is 14.4 Å². The third-order valence-electron chi connectivity index (χ3n) is 6.26. The van der Waals surface area contributed by atoms with Gasteiger partial charge in [-0.2, -0.15) is 0 Å². The van der Waals surface area contributed by atoms with E-state index in [1.807, 2.05) is 48.5 Å². The first kappa shape index (κ1) is 19.2. The number of aldehydes is 1. The number of hydrogen-bond acceptors (Lipinski definition) is 6. The van der Waals surface area contributed by atoms with E-state index in [4.69, 9.17) is 9.47 Å². The highest BCUT2D eigenvalue weighted by Crippen LogP contribution is 2.59. The zero-order valence-electron chi connectivity index (χ0n) is 16.5. The Morgan fingerprint density at radius 3 is 2.31 bits per heavy atom. The van der Waals surface area contributed by atoms with Crippen molar-refractivity contribution in [2.24, 2.45) is 5.41 Å². The summed E-state index contributed by atoms with van der Waals surface area (Å²) in [7, 11) is 2.54. The van der Waals surface area contributed by atoms with Gasteiger partial charge in [0.1, 0.15) is 6.29 Å². The van der Waals surface area contributed by atoms with E-state index in [2.05, 4.69) is 4.90 Å². The van der Waals surface area contributed by atoms with E-state index < -0.39 is 29.3 Å². The first-order valence-corrected chi connectivity index (χ1v) is 9.65. The zero-order chi connectivity index (χ0) is 20.6. The molecule has 0 bridgehead atoms. The molecule has 0 amide bonds. The molecule has 0 fully saturated rings. The summed E-state index contributed by atoms with van der Waals surface area (Å²) in [6.07, 6.45) is 1.55. The van der Waals surface area contributed by atoms with Gasteiger partial charge in [0.2, 0.25) is 0 Å². The van der Waals surface area contributed by atoms with Gasteiger partial charge in [-0.25, -0.2) is 0 Å². The van der Waals surface area contributed by atoms with Crippen LogP contribution >= 0.6 is 0 Å². The standard InChI is InChI=1S/C23H23NO5/c1-28-21(26)23(22(27)29-2)18(12-14-25)17-9-5-6-10-19(17)24-13-11-15-7-3-4-8-16(15)20(23)24/h3-10,14,18,20H,11-13H2,1-2H3/t18-,20?/m0/s1. The van der Waals surface area contributed by atoms with E-state index in [1.165, 1.54) is 14.2 Å². The van der Waals surface area contributed by atoms with Crippen LogP contribution in [0.25, 0.3) is 0 Å². The van der Waals surface area contributed by atoms with E-state index in [1.54, 1.807) is 0 Å². The second-order valence-electron chi connectivity index (χ2n) is 7.41. The van der Waals surface area contributed by atoms with Crippen molar-refractivity contribution in [2.75, 3.05) is 25.7 Å². The molecule has 0 N–H and O–H groups in total. The van der Waals surface area contributed by atoms with Crippen molar-refractivity contribution in [1.82, 2.24) is 0 Å². The molecule has 0 spiro atoms. The van der Waals surface area contributed by atoms with Gasteiger partial charge in [0.25, 0.3) is 0 Å². The average Bonchev–Trinajstić information content (AvgIpc) is 2.78. The minimum atomic E-state index is -1.69. The van der Waals surface area contributed by atoms with Crippen molar-refractivity contribution < 1.29 is 23.9 Å². The largest absolute Gasteiger partial charge is 0.468 e. The zero-order valence-corrected chi connectivity index (χ0v) is 16.5. The number of hydrogen-bond donors (Lipinski definition) is 0. The molecule has 0 saturated heterocycles. The molecule has 2 heterocycles. The summed E-state index contributed by atoms with van der Waals surface area (Å²) in [5, 5.41) is 0. The molecule has 2 aromatic carbocycles. The Balaban J connectivity index is 2.10. The number of para-hydroxylation sites is 1. The Morgan fingerprint density at radius 1 is 1.03 bits per heavy atom. The van der Waals surface area contributed by atoms with Crippen molar-refractivity contribution >= 4 is 23.9 Å². The van der Waals surface area contributed by atoms with Crippen LogP contribution < -0.4 is 4.90 Å². The second-order valence-corrected chi connectivity index (χ2v) is 7.41. The summed E-state index contributed by atoms with van der Waals surface area (Å²) in [6, 6.07) is 14.8. The number of carbonyl (C=O) groups is 3. The normalized spacial score (nSPS) is 21.2. The van der Waals surface area contributed by atoms with Gasteiger partial charge in [-0.05, 0) is 29.2 Å². The summed E-state index contributed by atoms with van der Waals surface area (Å²) in [4.78, 5) is 40.5. The lowest BCUT2D eigenvalue weighted by molar-refractivity contribution is -0.174. The summed E-state index contributed by atoms with van der Waals surface area (Å²) >= 11 is 0. The number of ether oxygens (including phenoxy) is 2. The molecule has 6 nitrogen and oxygen atoms in total. The highest BCUT2D eigenvalue weighted by atomic mass is 16.5. The Hall–Kier alpha value is -3.15. The van der Waals surface area contributed by atoms with Gasteiger partial charge in [-0.3, -0.25) is 9.59 Å². The molecule has 6 heteroatoms. The summed E-state index contributed by atoms with van der Waals surface area (Å²) in [6.45, 7) is 0.641. The Labute approximate surface area is 169 Å². The lowest BCUT2D eigenvalue weighted by atomic mass is 9.59. The highest BCUT2D eigenvalue weighted by molar-refractivity contribution is 6.04. The predicted molar refractivity (Wildman–Crippen MR) is 107 cm³/mol. The molecule has 0 aromatic heterocycles. The number of carbonyl (C=O) groups excluding carboxylic acids is 3. The smallest absolute Gasteiger partial charge is 0.326 e. The fourth-order valence-corrected chi connectivity index (χ4v) is 5.13. The molecule has 0 radical (unpaired) electrons. The molecule has 2 aliphatic heterocycles. The molecular formula is C23H23NO5. The predicted octanol–water partition coefficient (Wildman–Crippen LogP) is 2.81. The van der Waals surface area contributed by atoms with E-state index >= 15 is 0 Å². The van der Waals surface area contributed by atoms with E-state index in [-0.39, 0.29) is 6.42 Å². The number of methoxy groups -OCH3 is 2. The summed E-state index contributed by atoms with van der Waals surface area (Å²) in [5.41, 5.74) is 2.00. The minimum Gasteiger partial charge on any atom is -0.468 e. The van der Waals surface area contributed by atoms with Gasteiger partial charge < -0.3 is 19.2 Å². The van der Waals surface area contributed by atoms with Gasteiger partial charge in [0.05, 0.1) is 20.3 Å². The molecule has 2 aromatic rings. The van der Waals surface area contributed by atoms with Gasteiger partial charge in [0, 0.05) is 24.6 Å². The van der Waals surface area contributed by atoms with Gasteiger partial charge in [0.15, 0.2) is 5.41 Å². The van der Waals surface area contributed by atoms with Crippen LogP contribution in [0.15, 0.2) is 48.5 Å².